The van der Waals surface area contributed by atoms with Crippen LogP contribution in [0.25, 0.3) is 0 Å². The summed E-state index contributed by atoms with van der Waals surface area (Å²) in [5.41, 5.74) is 8.61. The van der Waals surface area contributed by atoms with Gasteiger partial charge in [-0.05, 0) is 24.6 Å². The summed E-state index contributed by atoms with van der Waals surface area (Å²) in [5, 5.41) is 16.6. The van der Waals surface area contributed by atoms with Gasteiger partial charge >= 0.3 is 6.09 Å². The monoisotopic (exact) mass is 381 g/mol. The van der Waals surface area contributed by atoms with Crippen LogP contribution in [-0.2, 0) is 4.74 Å². The van der Waals surface area contributed by atoms with Crippen LogP contribution in [0.2, 0.25) is 0 Å². The number of nitrogens with zero attached hydrogens (tertiary/aromatic N) is 3. The molecule has 0 radical (unpaired) electrons. The average Bonchev–Trinajstić information content (AvgIpc) is 3.08. The van der Waals surface area contributed by atoms with Crippen LogP contribution >= 0.6 is 0 Å². The fourth-order valence-electron chi connectivity index (χ4n) is 3.37. The molecular weight excluding hydrogens is 362 g/mol. The quantitative estimate of drug-likeness (QED) is 0.811. The third-order valence-corrected chi connectivity index (χ3v) is 4.82. The number of nitrogens with one attached hydrogen (secondary N) is 1. The summed E-state index contributed by atoms with van der Waals surface area (Å²) in [6.45, 7) is 3.90. The highest BCUT2D eigenvalue weighted by Crippen LogP contribution is 2.42. The number of aromatic nitrogens is 2. The van der Waals surface area contributed by atoms with Crippen molar-refractivity contribution in [1.29, 1.82) is 5.26 Å². The normalized spacial score (nSPS) is 18.9. The molecule has 1 aromatic heterocycles. The van der Waals surface area contributed by atoms with Gasteiger partial charge in [-0.2, -0.15) is 5.26 Å². The van der Waals surface area contributed by atoms with Crippen molar-refractivity contribution in [3.63, 3.8) is 0 Å². The summed E-state index contributed by atoms with van der Waals surface area (Å²) >= 11 is 0. The number of nitriles is 1. The molecule has 4 rings (SSSR count). The molecule has 1 fully saturated rings. The molecule has 1 aromatic carbocycles. The van der Waals surface area contributed by atoms with Crippen LogP contribution in [0, 0.1) is 18.3 Å². The molecule has 28 heavy (non-hydrogen) atoms. The number of benzene rings is 1. The molecule has 9 heteroatoms. The molecule has 1 atom stereocenters. The number of H-pyrrole nitrogens is 1. The molecule has 1 amide bonds. The van der Waals surface area contributed by atoms with Gasteiger partial charge in [0.2, 0.25) is 11.8 Å². The Balaban J connectivity index is 1.59. The highest BCUT2D eigenvalue weighted by Gasteiger charge is 2.34. The first-order chi connectivity index (χ1) is 13.6. The van der Waals surface area contributed by atoms with Crippen molar-refractivity contribution < 1.29 is 19.0 Å². The third kappa shape index (κ3) is 3.14. The third-order valence-electron chi connectivity index (χ3n) is 4.82. The molecule has 2 aliphatic heterocycles. The van der Waals surface area contributed by atoms with Crippen molar-refractivity contribution in [3.8, 4) is 17.7 Å². The molecule has 0 saturated carbocycles. The van der Waals surface area contributed by atoms with Crippen LogP contribution in [0.15, 0.2) is 35.7 Å². The maximum absolute atomic E-state index is 12.2. The van der Waals surface area contributed by atoms with Crippen LogP contribution in [0.4, 0.5) is 4.79 Å². The Bertz CT molecular complexity index is 967. The predicted molar refractivity (Wildman–Crippen MR) is 97.5 cm³/mol. The van der Waals surface area contributed by atoms with E-state index in [4.69, 9.17) is 19.9 Å². The van der Waals surface area contributed by atoms with Gasteiger partial charge in [0, 0.05) is 24.3 Å². The number of morpholine rings is 1. The van der Waals surface area contributed by atoms with Gasteiger partial charge in [0.15, 0.2) is 0 Å². The van der Waals surface area contributed by atoms with Gasteiger partial charge in [-0.15, -0.1) is 5.10 Å². The molecule has 3 N–H and O–H groups in total. The van der Waals surface area contributed by atoms with Crippen LogP contribution in [0.3, 0.4) is 0 Å². The second-order valence-electron chi connectivity index (χ2n) is 6.53. The van der Waals surface area contributed by atoms with Crippen molar-refractivity contribution in [3.05, 3.63) is 52.5 Å². The van der Waals surface area contributed by atoms with E-state index in [2.05, 4.69) is 16.3 Å². The number of allylic oxidation sites excluding steroid dienone is 1. The number of aryl methyl sites for hydroxylation is 1. The Morgan fingerprint density at radius 1 is 1.36 bits per heavy atom. The summed E-state index contributed by atoms with van der Waals surface area (Å²) < 4.78 is 16.1. The van der Waals surface area contributed by atoms with Gasteiger partial charge in [0.05, 0.1) is 19.1 Å². The first-order valence-corrected chi connectivity index (χ1v) is 8.85. The Labute approximate surface area is 161 Å². The Kier molecular flexibility index (Phi) is 4.63. The van der Waals surface area contributed by atoms with E-state index >= 15 is 0 Å². The molecule has 2 aliphatic rings. The molecule has 1 saturated heterocycles. The fourth-order valence-corrected chi connectivity index (χ4v) is 3.37. The van der Waals surface area contributed by atoms with Crippen molar-refractivity contribution >= 4 is 6.09 Å². The molecule has 0 bridgehead atoms. The van der Waals surface area contributed by atoms with E-state index in [1.54, 1.807) is 29.2 Å². The van der Waals surface area contributed by atoms with Crippen LogP contribution in [-0.4, -0.2) is 47.5 Å². The highest BCUT2D eigenvalue weighted by atomic mass is 16.6. The van der Waals surface area contributed by atoms with Gasteiger partial charge in [0.1, 0.15) is 17.4 Å². The topological polar surface area (TPSA) is 126 Å². The summed E-state index contributed by atoms with van der Waals surface area (Å²) in [6.07, 6.45) is -0.406. The molecule has 9 nitrogen and oxygen atoms in total. The lowest BCUT2D eigenvalue weighted by Gasteiger charge is -2.26. The van der Waals surface area contributed by atoms with E-state index in [1.807, 2.05) is 6.92 Å². The standard InChI is InChI=1S/C19H19N5O4/c1-11-15-16(14(10-20)17(21)28-18(15)23-22-11)12-2-4-13(5-3-12)27-19(25)24-6-8-26-9-7-24/h2-5,16H,6-9,21H2,1H3,(H,22,23). The smallest absolute Gasteiger partial charge is 0.415 e. The minimum atomic E-state index is -0.406. The Hall–Kier alpha value is -3.51. The Morgan fingerprint density at radius 3 is 2.75 bits per heavy atom. The van der Waals surface area contributed by atoms with Crippen LogP contribution in [0.5, 0.6) is 11.6 Å². The van der Waals surface area contributed by atoms with Crippen molar-refractivity contribution in [2.24, 2.45) is 5.73 Å². The zero-order chi connectivity index (χ0) is 19.7. The zero-order valence-electron chi connectivity index (χ0n) is 15.3. The zero-order valence-corrected chi connectivity index (χ0v) is 15.3. The van der Waals surface area contributed by atoms with Crippen LogP contribution < -0.4 is 15.2 Å². The molecule has 1 unspecified atom stereocenters. The molecule has 0 aliphatic carbocycles. The minimum Gasteiger partial charge on any atom is -0.420 e. The number of fused-ring (bicyclic) bond motifs is 1. The van der Waals surface area contributed by atoms with Crippen molar-refractivity contribution in [2.75, 3.05) is 26.3 Å². The van der Waals surface area contributed by atoms with Gasteiger partial charge in [0.25, 0.3) is 0 Å². The van der Waals surface area contributed by atoms with Crippen molar-refractivity contribution in [2.45, 2.75) is 12.8 Å². The average molecular weight is 381 g/mol. The fraction of sp³-hybridized carbons (Fsp3) is 0.316. The molecular formula is C19H19N5O4. The first kappa shape index (κ1) is 17.9. The lowest BCUT2D eigenvalue weighted by atomic mass is 9.84. The maximum Gasteiger partial charge on any atom is 0.415 e. The summed E-state index contributed by atoms with van der Waals surface area (Å²) in [7, 11) is 0. The largest absolute Gasteiger partial charge is 0.420 e. The number of nitrogens with two attached hydrogens (primary N) is 1. The van der Waals surface area contributed by atoms with E-state index in [-0.39, 0.29) is 5.88 Å². The van der Waals surface area contributed by atoms with Gasteiger partial charge in [-0.1, -0.05) is 12.1 Å². The lowest BCUT2D eigenvalue weighted by Crippen LogP contribution is -2.42. The number of hydrogen-bond donors (Lipinski definition) is 2. The molecule has 2 aromatic rings. The van der Waals surface area contributed by atoms with E-state index in [0.717, 1.165) is 16.8 Å². The SMILES string of the molecule is Cc1[nH]nc2c1C(c1ccc(OC(=O)N3CCOCC3)cc1)C(C#N)=C(N)O2. The van der Waals surface area contributed by atoms with E-state index in [9.17, 15) is 10.1 Å². The molecule has 3 heterocycles. The molecule has 0 spiro atoms. The first-order valence-electron chi connectivity index (χ1n) is 8.85. The summed E-state index contributed by atoms with van der Waals surface area (Å²) in [6, 6.07) is 9.14. The number of carbonyl (C=O) groups is 1. The van der Waals surface area contributed by atoms with E-state index in [0.29, 0.717) is 43.5 Å². The maximum atomic E-state index is 12.2. The minimum absolute atomic E-state index is 0.0364. The number of carbonyl (C=O) groups excluding carboxylic acids is 1. The number of amides is 1. The number of hydrogen-bond acceptors (Lipinski definition) is 7. The molecule has 144 valence electrons. The van der Waals surface area contributed by atoms with E-state index in [1.165, 1.54) is 0 Å². The number of aromatic amines is 1. The van der Waals surface area contributed by atoms with Gasteiger partial charge < -0.3 is 24.8 Å². The number of rotatable bonds is 2. The van der Waals surface area contributed by atoms with Gasteiger partial charge in [-0.25, -0.2) is 4.79 Å². The summed E-state index contributed by atoms with van der Waals surface area (Å²) in [5.74, 6) is 0.416. The summed E-state index contributed by atoms with van der Waals surface area (Å²) in [4.78, 5) is 13.8. The van der Waals surface area contributed by atoms with Crippen molar-refractivity contribution in [1.82, 2.24) is 15.1 Å². The van der Waals surface area contributed by atoms with Gasteiger partial charge in [-0.3, -0.25) is 5.10 Å². The van der Waals surface area contributed by atoms with Crippen LogP contribution in [0.1, 0.15) is 22.7 Å². The number of ether oxygens (including phenoxy) is 3. The van der Waals surface area contributed by atoms with E-state index < -0.39 is 12.0 Å². The highest BCUT2D eigenvalue weighted by molar-refractivity contribution is 5.70. The second-order valence-corrected chi connectivity index (χ2v) is 6.53. The lowest BCUT2D eigenvalue weighted by molar-refractivity contribution is 0.0416. The predicted octanol–water partition coefficient (Wildman–Crippen LogP) is 1.77. The second kappa shape index (κ2) is 7.25. The Morgan fingerprint density at radius 2 is 2.07 bits per heavy atom.